The standard InChI is InChI=1S/C15H20BrN3O2.ClH/c1-10-4-5-11(16)9-13(10)19-14(20)6-8-18-15(21)12-3-2-7-17-12;/h4-5,9,12,17H,2-3,6-8H2,1H3,(H,18,21)(H,19,20);1H. The van der Waals surface area contributed by atoms with Gasteiger partial charge in [0.05, 0.1) is 6.04 Å². The number of amides is 2. The minimum absolute atomic E-state index is 0. The zero-order chi connectivity index (χ0) is 15.2. The third-order valence-corrected chi connectivity index (χ3v) is 4.00. The highest BCUT2D eigenvalue weighted by Gasteiger charge is 2.21. The molecule has 1 aliphatic rings. The second-order valence-corrected chi connectivity index (χ2v) is 6.11. The number of halogens is 2. The Morgan fingerprint density at radius 3 is 2.86 bits per heavy atom. The van der Waals surface area contributed by atoms with E-state index in [2.05, 4.69) is 31.9 Å². The summed E-state index contributed by atoms with van der Waals surface area (Å²) in [6, 6.07) is 5.64. The average molecular weight is 391 g/mol. The van der Waals surface area contributed by atoms with Gasteiger partial charge in [0, 0.05) is 23.1 Å². The van der Waals surface area contributed by atoms with Gasteiger partial charge < -0.3 is 16.0 Å². The van der Waals surface area contributed by atoms with E-state index in [0.29, 0.717) is 6.54 Å². The van der Waals surface area contributed by atoms with Gasteiger partial charge in [0.2, 0.25) is 11.8 Å². The molecule has 22 heavy (non-hydrogen) atoms. The normalized spacial score (nSPS) is 16.7. The fourth-order valence-electron chi connectivity index (χ4n) is 2.27. The first kappa shape index (κ1) is 18.9. The van der Waals surface area contributed by atoms with Crippen LogP contribution >= 0.6 is 28.3 Å². The van der Waals surface area contributed by atoms with Crippen molar-refractivity contribution in [1.82, 2.24) is 10.6 Å². The van der Waals surface area contributed by atoms with Gasteiger partial charge >= 0.3 is 0 Å². The summed E-state index contributed by atoms with van der Waals surface area (Å²) in [6.45, 7) is 3.19. The smallest absolute Gasteiger partial charge is 0.237 e. The number of nitrogens with one attached hydrogen (secondary N) is 3. The Hall–Kier alpha value is -1.11. The zero-order valence-electron chi connectivity index (χ0n) is 12.4. The molecule has 1 fully saturated rings. The van der Waals surface area contributed by atoms with Crippen molar-refractivity contribution in [3.8, 4) is 0 Å². The molecule has 3 N–H and O–H groups in total. The molecule has 1 atom stereocenters. The molecule has 0 aromatic heterocycles. The van der Waals surface area contributed by atoms with Crippen molar-refractivity contribution in [2.75, 3.05) is 18.4 Å². The van der Waals surface area contributed by atoms with E-state index >= 15 is 0 Å². The zero-order valence-corrected chi connectivity index (χ0v) is 14.9. The summed E-state index contributed by atoms with van der Waals surface area (Å²) >= 11 is 3.38. The SMILES string of the molecule is Cc1ccc(Br)cc1NC(=O)CCNC(=O)C1CCCN1.Cl. The summed E-state index contributed by atoms with van der Waals surface area (Å²) in [7, 11) is 0. The van der Waals surface area contributed by atoms with Gasteiger partial charge in [0.15, 0.2) is 0 Å². The first-order valence-electron chi connectivity index (χ1n) is 7.13. The Balaban J connectivity index is 0.00000242. The van der Waals surface area contributed by atoms with Gasteiger partial charge in [0.1, 0.15) is 0 Å². The third-order valence-electron chi connectivity index (χ3n) is 3.50. The Kier molecular flexibility index (Phi) is 7.85. The highest BCUT2D eigenvalue weighted by molar-refractivity contribution is 9.10. The molecule has 0 aliphatic carbocycles. The molecule has 2 amide bonds. The largest absolute Gasteiger partial charge is 0.354 e. The van der Waals surface area contributed by atoms with Gasteiger partial charge in [-0.25, -0.2) is 0 Å². The molecule has 1 heterocycles. The maximum atomic E-state index is 11.9. The first-order chi connectivity index (χ1) is 10.1. The van der Waals surface area contributed by atoms with Crippen LogP contribution in [0.15, 0.2) is 22.7 Å². The molecule has 1 saturated heterocycles. The number of aryl methyl sites for hydroxylation is 1. The highest BCUT2D eigenvalue weighted by Crippen LogP contribution is 2.20. The van der Waals surface area contributed by atoms with Gasteiger partial charge in [-0.15, -0.1) is 12.4 Å². The molecule has 0 saturated carbocycles. The van der Waals surface area contributed by atoms with Crippen LogP contribution in [0.25, 0.3) is 0 Å². The van der Waals surface area contributed by atoms with Crippen molar-refractivity contribution >= 4 is 45.8 Å². The van der Waals surface area contributed by atoms with E-state index in [-0.39, 0.29) is 36.7 Å². The summed E-state index contributed by atoms with van der Waals surface area (Å²) in [4.78, 5) is 23.7. The van der Waals surface area contributed by atoms with Gasteiger partial charge in [-0.3, -0.25) is 9.59 Å². The Morgan fingerprint density at radius 1 is 1.41 bits per heavy atom. The predicted octanol–water partition coefficient (Wildman–Crippen LogP) is 2.38. The first-order valence-corrected chi connectivity index (χ1v) is 7.92. The van der Waals surface area contributed by atoms with Gasteiger partial charge in [-0.2, -0.15) is 0 Å². The Bertz CT molecular complexity index is 534. The molecule has 1 aromatic rings. The van der Waals surface area contributed by atoms with Crippen molar-refractivity contribution in [3.63, 3.8) is 0 Å². The predicted molar refractivity (Wildman–Crippen MR) is 93.4 cm³/mol. The molecule has 5 nitrogen and oxygen atoms in total. The van der Waals surface area contributed by atoms with E-state index < -0.39 is 0 Å². The van der Waals surface area contributed by atoms with E-state index in [4.69, 9.17) is 0 Å². The number of hydrogen-bond donors (Lipinski definition) is 3. The van der Waals surface area contributed by atoms with Crippen LogP contribution in [0, 0.1) is 6.92 Å². The second-order valence-electron chi connectivity index (χ2n) is 5.20. The molecule has 0 spiro atoms. The van der Waals surface area contributed by atoms with E-state index in [1.807, 2.05) is 25.1 Å². The highest BCUT2D eigenvalue weighted by atomic mass is 79.9. The molecule has 7 heteroatoms. The monoisotopic (exact) mass is 389 g/mol. The second kappa shape index (κ2) is 9.12. The third kappa shape index (κ3) is 5.59. The molecule has 1 aromatic carbocycles. The number of benzene rings is 1. The lowest BCUT2D eigenvalue weighted by molar-refractivity contribution is -0.122. The minimum Gasteiger partial charge on any atom is -0.354 e. The lowest BCUT2D eigenvalue weighted by atomic mass is 10.2. The molecule has 1 aliphatic heterocycles. The molecule has 0 bridgehead atoms. The maximum Gasteiger partial charge on any atom is 0.237 e. The van der Waals surface area contributed by atoms with Crippen LogP contribution < -0.4 is 16.0 Å². The van der Waals surface area contributed by atoms with E-state index in [1.165, 1.54) is 0 Å². The molecule has 0 radical (unpaired) electrons. The number of anilines is 1. The van der Waals surface area contributed by atoms with Crippen molar-refractivity contribution in [1.29, 1.82) is 0 Å². The Labute approximate surface area is 145 Å². The van der Waals surface area contributed by atoms with Gasteiger partial charge in [-0.05, 0) is 44.0 Å². The average Bonchev–Trinajstić information content (AvgIpc) is 2.97. The fourth-order valence-corrected chi connectivity index (χ4v) is 2.63. The van der Waals surface area contributed by atoms with Crippen LogP contribution in [-0.2, 0) is 9.59 Å². The van der Waals surface area contributed by atoms with E-state index in [1.54, 1.807) is 0 Å². The van der Waals surface area contributed by atoms with Crippen molar-refractivity contribution in [2.24, 2.45) is 0 Å². The summed E-state index contributed by atoms with van der Waals surface area (Å²) in [5.41, 5.74) is 1.80. The summed E-state index contributed by atoms with van der Waals surface area (Å²) in [5.74, 6) is -0.116. The van der Waals surface area contributed by atoms with E-state index in [9.17, 15) is 9.59 Å². The van der Waals surface area contributed by atoms with Crippen LogP contribution in [0.5, 0.6) is 0 Å². The van der Waals surface area contributed by atoms with Crippen LogP contribution in [0.3, 0.4) is 0 Å². The maximum absolute atomic E-state index is 11.9. The number of carbonyl (C=O) groups excluding carboxylic acids is 2. The minimum atomic E-state index is -0.101. The topological polar surface area (TPSA) is 70.2 Å². The lowest BCUT2D eigenvalue weighted by Crippen LogP contribution is -2.41. The molecule has 122 valence electrons. The fraction of sp³-hybridized carbons (Fsp3) is 0.467. The van der Waals surface area contributed by atoms with Crippen LogP contribution in [-0.4, -0.2) is 30.9 Å². The Morgan fingerprint density at radius 2 is 2.18 bits per heavy atom. The molecular weight excluding hydrogens is 370 g/mol. The number of carbonyl (C=O) groups is 2. The molecule has 2 rings (SSSR count). The molecular formula is C15H21BrClN3O2. The number of rotatable bonds is 5. The molecule has 1 unspecified atom stereocenters. The van der Waals surface area contributed by atoms with E-state index in [0.717, 1.165) is 35.1 Å². The number of hydrogen-bond acceptors (Lipinski definition) is 3. The van der Waals surface area contributed by atoms with Crippen LogP contribution in [0.2, 0.25) is 0 Å². The van der Waals surface area contributed by atoms with Crippen molar-refractivity contribution in [2.45, 2.75) is 32.2 Å². The van der Waals surface area contributed by atoms with Crippen molar-refractivity contribution < 1.29 is 9.59 Å². The van der Waals surface area contributed by atoms with Gasteiger partial charge in [0.25, 0.3) is 0 Å². The quantitative estimate of drug-likeness (QED) is 0.723. The van der Waals surface area contributed by atoms with Crippen molar-refractivity contribution in [3.05, 3.63) is 28.2 Å². The van der Waals surface area contributed by atoms with Gasteiger partial charge in [-0.1, -0.05) is 22.0 Å². The summed E-state index contributed by atoms with van der Waals surface area (Å²) in [5, 5.41) is 8.78. The van der Waals surface area contributed by atoms with Crippen LogP contribution in [0.1, 0.15) is 24.8 Å². The summed E-state index contributed by atoms with van der Waals surface area (Å²) < 4.78 is 0.920. The van der Waals surface area contributed by atoms with Crippen LogP contribution in [0.4, 0.5) is 5.69 Å². The summed E-state index contributed by atoms with van der Waals surface area (Å²) in [6.07, 6.45) is 2.17. The lowest BCUT2D eigenvalue weighted by Gasteiger charge is -2.12.